The van der Waals surface area contributed by atoms with Gasteiger partial charge in [-0.3, -0.25) is 0 Å². The molecule has 0 aliphatic heterocycles. The average Bonchev–Trinajstić information content (AvgIpc) is 3.68. The molecule has 0 N–H and O–H groups in total. The van der Waals surface area contributed by atoms with Gasteiger partial charge in [0.15, 0.2) is 0 Å². The summed E-state index contributed by atoms with van der Waals surface area (Å²) in [5.74, 6) is 0. The van der Waals surface area contributed by atoms with Gasteiger partial charge >= 0.3 is 0 Å². The normalized spacial score (nSPS) is 11.7. The van der Waals surface area contributed by atoms with Crippen LogP contribution in [-0.4, -0.2) is 19.9 Å². The van der Waals surface area contributed by atoms with Crippen LogP contribution in [0.25, 0.3) is 99.6 Å². The topological polar surface area (TPSA) is 64.7 Å². The molecule has 0 saturated heterocycles. The maximum atomic E-state index is 6.13. The summed E-state index contributed by atoms with van der Waals surface area (Å²) in [5.41, 5.74) is 12.9. The van der Waals surface area contributed by atoms with E-state index in [0.29, 0.717) is 0 Å². The fourth-order valence-corrected chi connectivity index (χ4v) is 7.10. The summed E-state index contributed by atoms with van der Waals surface area (Å²) in [7, 11) is 0. The van der Waals surface area contributed by atoms with Crippen LogP contribution < -0.4 is 0 Å². The van der Waals surface area contributed by atoms with Gasteiger partial charge in [0.1, 0.15) is 5.58 Å². The maximum absolute atomic E-state index is 6.13. The Bertz CT molecular complexity index is 2930. The summed E-state index contributed by atoms with van der Waals surface area (Å²) < 4.78 is 6.13. The fraction of sp³-hybridized carbons (Fsp3) is 0.0222. The molecule has 0 bridgehead atoms. The molecule has 3 aromatic heterocycles. The van der Waals surface area contributed by atoms with Crippen molar-refractivity contribution in [2.75, 3.05) is 0 Å². The zero-order valence-corrected chi connectivity index (χ0v) is 27.1. The van der Waals surface area contributed by atoms with Crippen LogP contribution in [0.4, 0.5) is 0 Å². The van der Waals surface area contributed by atoms with Crippen molar-refractivity contribution in [3.63, 3.8) is 0 Å². The molecule has 5 nitrogen and oxygen atoms in total. The first kappa shape index (κ1) is 28.3. The lowest BCUT2D eigenvalue weighted by Crippen LogP contribution is -1.96. The van der Waals surface area contributed by atoms with E-state index in [-0.39, 0.29) is 0 Å². The minimum Gasteiger partial charge on any atom is -0.464 e. The van der Waals surface area contributed by atoms with Gasteiger partial charge in [-0.25, -0.2) is 19.9 Å². The first-order chi connectivity index (χ1) is 24.7. The Balaban J connectivity index is 1.25. The van der Waals surface area contributed by atoms with Crippen molar-refractivity contribution >= 4 is 54.6 Å². The van der Waals surface area contributed by atoms with Gasteiger partial charge in [0.05, 0.1) is 51.1 Å². The highest BCUT2D eigenvalue weighted by atomic mass is 16.3. The van der Waals surface area contributed by atoms with Crippen LogP contribution in [-0.2, 0) is 0 Å². The minimum atomic E-state index is 0.836. The molecule has 10 aromatic rings. The highest BCUT2D eigenvalue weighted by Crippen LogP contribution is 2.41. The summed E-state index contributed by atoms with van der Waals surface area (Å²) in [6.45, 7) is 2.10. The van der Waals surface area contributed by atoms with Gasteiger partial charge < -0.3 is 4.42 Å². The van der Waals surface area contributed by atoms with E-state index in [2.05, 4.69) is 85.8 Å². The Morgan fingerprint density at radius 3 is 1.34 bits per heavy atom. The number of hydrogen-bond donors (Lipinski definition) is 0. The molecule has 234 valence electrons. The lowest BCUT2D eigenvalue weighted by atomic mass is 9.93. The molecule has 0 fully saturated rings. The van der Waals surface area contributed by atoms with Crippen LogP contribution in [0.1, 0.15) is 5.56 Å². The van der Waals surface area contributed by atoms with Gasteiger partial charge in [-0.05, 0) is 71.6 Å². The van der Waals surface area contributed by atoms with Gasteiger partial charge in [0, 0.05) is 33.0 Å². The molecule has 0 unspecified atom stereocenters. The summed E-state index contributed by atoms with van der Waals surface area (Å²) in [6, 6.07) is 50.1. The number of aromatic nitrogens is 4. The zero-order valence-electron chi connectivity index (χ0n) is 27.1. The van der Waals surface area contributed by atoms with Gasteiger partial charge in [-0.1, -0.05) is 103 Å². The number of para-hydroxylation sites is 4. The Morgan fingerprint density at radius 2 is 0.780 bits per heavy atom. The lowest BCUT2D eigenvalue weighted by molar-refractivity contribution is 0.619. The molecule has 0 amide bonds. The van der Waals surface area contributed by atoms with E-state index in [9.17, 15) is 0 Å². The number of furan rings is 1. The second kappa shape index (κ2) is 11.2. The first-order valence-electron chi connectivity index (χ1n) is 16.7. The second-order valence-corrected chi connectivity index (χ2v) is 12.7. The van der Waals surface area contributed by atoms with E-state index in [1.54, 1.807) is 6.26 Å². The van der Waals surface area contributed by atoms with Crippen LogP contribution in [0.3, 0.4) is 0 Å². The van der Waals surface area contributed by atoms with Crippen LogP contribution in [0, 0.1) is 6.92 Å². The van der Waals surface area contributed by atoms with Crippen molar-refractivity contribution in [3.8, 4) is 45.0 Å². The Morgan fingerprint density at radius 1 is 0.360 bits per heavy atom. The van der Waals surface area contributed by atoms with Crippen molar-refractivity contribution in [2.24, 2.45) is 0 Å². The molecular formula is C45H28N4O. The van der Waals surface area contributed by atoms with Crippen LogP contribution in [0.2, 0.25) is 0 Å². The largest absolute Gasteiger partial charge is 0.464 e. The summed E-state index contributed by atoms with van der Waals surface area (Å²) in [6.07, 6.45) is 1.78. The fourth-order valence-electron chi connectivity index (χ4n) is 7.10. The summed E-state index contributed by atoms with van der Waals surface area (Å²) >= 11 is 0. The maximum Gasteiger partial charge on any atom is 0.142 e. The van der Waals surface area contributed by atoms with E-state index in [1.807, 2.05) is 66.7 Å². The first-order valence-corrected chi connectivity index (χ1v) is 16.7. The quantitative estimate of drug-likeness (QED) is 0.179. The number of aryl methyl sites for hydroxylation is 1. The van der Waals surface area contributed by atoms with Crippen LogP contribution in [0.5, 0.6) is 0 Å². The number of hydrogen-bond acceptors (Lipinski definition) is 5. The molecule has 0 atom stereocenters. The molecule has 0 spiro atoms. The Hall–Kier alpha value is -6.72. The number of fused-ring (bicyclic) bond motifs is 8. The number of nitrogens with zero attached hydrogens (tertiary/aromatic N) is 4. The molecule has 3 heterocycles. The zero-order chi connectivity index (χ0) is 33.2. The van der Waals surface area contributed by atoms with Crippen molar-refractivity contribution < 1.29 is 4.42 Å². The highest BCUT2D eigenvalue weighted by molar-refractivity contribution is 6.25. The SMILES string of the molecule is Cc1ccc(-c2nc3ccccc3nc2-c2ccc3c(c2)c2cc(-c4nc5ccccc5nc4-c4ccccc4)ccc2c2occc32)cc1. The third-order valence-corrected chi connectivity index (χ3v) is 9.59. The number of rotatable bonds is 4. The van der Waals surface area contributed by atoms with E-state index in [1.165, 1.54) is 5.56 Å². The second-order valence-electron chi connectivity index (χ2n) is 12.7. The molecular weight excluding hydrogens is 613 g/mol. The predicted octanol–water partition coefficient (Wildman–Crippen LogP) is 11.6. The van der Waals surface area contributed by atoms with Gasteiger partial charge in [-0.2, -0.15) is 0 Å². The molecule has 0 aliphatic carbocycles. The van der Waals surface area contributed by atoms with Crippen LogP contribution in [0.15, 0.2) is 156 Å². The highest BCUT2D eigenvalue weighted by Gasteiger charge is 2.19. The van der Waals surface area contributed by atoms with Crippen molar-refractivity contribution in [2.45, 2.75) is 6.92 Å². The van der Waals surface area contributed by atoms with Crippen molar-refractivity contribution in [1.29, 1.82) is 0 Å². The van der Waals surface area contributed by atoms with E-state index in [4.69, 9.17) is 24.4 Å². The monoisotopic (exact) mass is 640 g/mol. The molecule has 7 aromatic carbocycles. The van der Waals surface area contributed by atoms with E-state index in [0.717, 1.165) is 99.6 Å². The van der Waals surface area contributed by atoms with E-state index < -0.39 is 0 Å². The smallest absolute Gasteiger partial charge is 0.142 e. The van der Waals surface area contributed by atoms with Gasteiger partial charge in [-0.15, -0.1) is 0 Å². The average molecular weight is 641 g/mol. The van der Waals surface area contributed by atoms with Gasteiger partial charge in [0.2, 0.25) is 0 Å². The van der Waals surface area contributed by atoms with Crippen molar-refractivity contribution in [3.05, 3.63) is 157 Å². The molecule has 0 radical (unpaired) electrons. The van der Waals surface area contributed by atoms with Crippen molar-refractivity contribution in [1.82, 2.24) is 19.9 Å². The summed E-state index contributed by atoms with van der Waals surface area (Å²) in [4.78, 5) is 20.7. The lowest BCUT2D eigenvalue weighted by Gasteiger charge is -2.14. The Labute approximate surface area is 287 Å². The van der Waals surface area contributed by atoms with E-state index >= 15 is 0 Å². The standard InChI is InChI=1S/C45H28N4O/c1-27-15-17-29(18-16-27)42-44(49-40-14-8-6-12-38(40)47-42)30-19-21-32-34-23-24-50-45(34)33-22-20-31(26-36(33)35(32)25-30)43-41(28-9-3-2-4-10-28)46-37-11-5-7-13-39(37)48-43/h2-26H,1H3. The van der Waals surface area contributed by atoms with Crippen LogP contribution >= 0.6 is 0 Å². The van der Waals surface area contributed by atoms with Gasteiger partial charge in [0.25, 0.3) is 0 Å². The summed E-state index contributed by atoms with van der Waals surface area (Å²) in [5, 5.41) is 5.40. The predicted molar refractivity (Wildman–Crippen MR) is 204 cm³/mol. The molecule has 0 saturated carbocycles. The third-order valence-electron chi connectivity index (χ3n) is 9.59. The molecule has 0 aliphatic rings. The molecule has 50 heavy (non-hydrogen) atoms. The molecule has 10 rings (SSSR count). The number of benzene rings is 7. The third kappa shape index (κ3) is 4.55. The minimum absolute atomic E-state index is 0.836. The Kier molecular flexibility index (Phi) is 6.33. The molecule has 5 heteroatoms.